The van der Waals surface area contributed by atoms with Crippen molar-refractivity contribution in [3.8, 4) is 0 Å². The molecule has 0 aliphatic carbocycles. The van der Waals surface area contributed by atoms with Crippen molar-refractivity contribution in [3.63, 3.8) is 0 Å². The van der Waals surface area contributed by atoms with Crippen molar-refractivity contribution in [1.82, 2.24) is 19.5 Å². The normalized spacial score (nSPS) is 17.6. The zero-order chi connectivity index (χ0) is 17.1. The predicted molar refractivity (Wildman–Crippen MR) is 98.7 cm³/mol. The minimum Gasteiger partial charge on any atom is -0.354 e. The van der Waals surface area contributed by atoms with Crippen LogP contribution in [-0.4, -0.2) is 32.6 Å². The summed E-state index contributed by atoms with van der Waals surface area (Å²) in [5, 5.41) is 0. The van der Waals surface area contributed by atoms with E-state index in [-0.39, 0.29) is 0 Å². The van der Waals surface area contributed by atoms with Gasteiger partial charge in [0.05, 0.1) is 5.69 Å². The van der Waals surface area contributed by atoms with E-state index in [1.54, 1.807) is 12.4 Å². The predicted octanol–water partition coefficient (Wildman–Crippen LogP) is 3.41. The van der Waals surface area contributed by atoms with E-state index in [9.17, 15) is 0 Å². The highest BCUT2D eigenvalue weighted by molar-refractivity contribution is 5.43. The lowest BCUT2D eigenvalue weighted by molar-refractivity contribution is 0.473. The highest BCUT2D eigenvalue weighted by Gasteiger charge is 2.26. The molecule has 0 N–H and O–H groups in total. The van der Waals surface area contributed by atoms with Crippen LogP contribution in [0.1, 0.15) is 35.8 Å². The van der Waals surface area contributed by atoms with Crippen LogP contribution in [0.5, 0.6) is 0 Å². The third kappa shape index (κ3) is 3.40. The number of piperidine rings is 1. The Morgan fingerprint density at radius 2 is 1.88 bits per heavy atom. The summed E-state index contributed by atoms with van der Waals surface area (Å²) in [7, 11) is 0. The molecule has 1 aliphatic heterocycles. The first-order valence-electron chi connectivity index (χ1n) is 8.89. The van der Waals surface area contributed by atoms with Crippen LogP contribution in [-0.2, 0) is 6.54 Å². The summed E-state index contributed by atoms with van der Waals surface area (Å²) in [4.78, 5) is 16.0. The van der Waals surface area contributed by atoms with Gasteiger partial charge in [-0.1, -0.05) is 30.3 Å². The molecule has 0 bridgehead atoms. The third-order valence-electron chi connectivity index (χ3n) is 4.88. The summed E-state index contributed by atoms with van der Waals surface area (Å²) in [5.74, 6) is 2.61. The van der Waals surface area contributed by atoms with Crippen molar-refractivity contribution in [3.05, 3.63) is 72.2 Å². The van der Waals surface area contributed by atoms with Crippen molar-refractivity contribution in [2.75, 3.05) is 18.0 Å². The molecule has 1 atom stereocenters. The van der Waals surface area contributed by atoms with Crippen molar-refractivity contribution >= 4 is 5.82 Å². The second-order valence-corrected chi connectivity index (χ2v) is 6.65. The summed E-state index contributed by atoms with van der Waals surface area (Å²) in [5.41, 5.74) is 2.30. The molecule has 5 nitrogen and oxygen atoms in total. The van der Waals surface area contributed by atoms with Gasteiger partial charge >= 0.3 is 0 Å². The number of imidazole rings is 1. The van der Waals surface area contributed by atoms with Gasteiger partial charge in [-0.25, -0.2) is 9.97 Å². The maximum Gasteiger partial charge on any atom is 0.150 e. The number of hydrogen-bond acceptors (Lipinski definition) is 4. The molecule has 3 heterocycles. The molecule has 3 aromatic rings. The van der Waals surface area contributed by atoms with Crippen LogP contribution >= 0.6 is 0 Å². The fourth-order valence-corrected chi connectivity index (χ4v) is 3.69. The van der Waals surface area contributed by atoms with Crippen molar-refractivity contribution < 1.29 is 0 Å². The van der Waals surface area contributed by atoms with Crippen LogP contribution < -0.4 is 4.90 Å². The van der Waals surface area contributed by atoms with Gasteiger partial charge in [-0.15, -0.1) is 0 Å². The summed E-state index contributed by atoms with van der Waals surface area (Å²) in [6.07, 6.45) is 9.87. The molecule has 25 heavy (non-hydrogen) atoms. The highest BCUT2D eigenvalue weighted by Crippen LogP contribution is 2.29. The van der Waals surface area contributed by atoms with Gasteiger partial charge in [-0.05, 0) is 25.3 Å². The Kier molecular flexibility index (Phi) is 4.46. The van der Waals surface area contributed by atoms with Crippen molar-refractivity contribution in [1.29, 1.82) is 0 Å². The van der Waals surface area contributed by atoms with E-state index in [2.05, 4.69) is 60.9 Å². The Morgan fingerprint density at radius 1 is 1.04 bits per heavy atom. The van der Waals surface area contributed by atoms with E-state index in [0.717, 1.165) is 37.6 Å². The number of aromatic nitrogens is 4. The average Bonchev–Trinajstić information content (AvgIpc) is 3.11. The molecule has 1 fully saturated rings. The molecule has 0 amide bonds. The lowest BCUT2D eigenvalue weighted by atomic mass is 9.97. The SMILES string of the molecule is Cc1nccnc1N1CCC[C@@H](c2nccn2Cc2ccccc2)C1. The molecule has 4 rings (SSSR count). The van der Waals surface area contributed by atoms with E-state index in [4.69, 9.17) is 0 Å². The topological polar surface area (TPSA) is 46.8 Å². The molecular weight excluding hydrogens is 310 g/mol. The second-order valence-electron chi connectivity index (χ2n) is 6.65. The maximum absolute atomic E-state index is 4.69. The monoisotopic (exact) mass is 333 g/mol. The van der Waals surface area contributed by atoms with E-state index in [1.807, 2.05) is 13.1 Å². The fourth-order valence-electron chi connectivity index (χ4n) is 3.69. The van der Waals surface area contributed by atoms with Crippen LogP contribution in [0.3, 0.4) is 0 Å². The summed E-state index contributed by atoms with van der Waals surface area (Å²) < 4.78 is 2.28. The average molecular weight is 333 g/mol. The van der Waals surface area contributed by atoms with Gasteiger partial charge in [-0.3, -0.25) is 4.98 Å². The molecule has 1 aliphatic rings. The van der Waals surface area contributed by atoms with Crippen molar-refractivity contribution in [2.45, 2.75) is 32.2 Å². The molecule has 0 saturated carbocycles. The Hall–Kier alpha value is -2.69. The first-order valence-corrected chi connectivity index (χ1v) is 8.89. The van der Waals surface area contributed by atoms with Crippen LogP contribution in [0.25, 0.3) is 0 Å². The minimum absolute atomic E-state index is 0.425. The lowest BCUT2D eigenvalue weighted by Gasteiger charge is -2.34. The van der Waals surface area contributed by atoms with Gasteiger partial charge in [0.15, 0.2) is 0 Å². The Morgan fingerprint density at radius 3 is 2.72 bits per heavy atom. The van der Waals surface area contributed by atoms with Gasteiger partial charge in [0, 0.05) is 50.3 Å². The smallest absolute Gasteiger partial charge is 0.150 e. The fraction of sp³-hybridized carbons (Fsp3) is 0.350. The Labute approximate surface area is 148 Å². The van der Waals surface area contributed by atoms with Crippen molar-refractivity contribution in [2.24, 2.45) is 0 Å². The second kappa shape index (κ2) is 7.05. The van der Waals surface area contributed by atoms with Crippen LogP contribution in [0.15, 0.2) is 55.1 Å². The Bertz CT molecular complexity index is 827. The molecule has 1 saturated heterocycles. The summed E-state index contributed by atoms with van der Waals surface area (Å²) in [6.45, 7) is 4.89. The number of nitrogens with zero attached hydrogens (tertiary/aromatic N) is 5. The molecule has 128 valence electrons. The zero-order valence-corrected chi connectivity index (χ0v) is 14.5. The van der Waals surface area contributed by atoms with Gasteiger partial charge in [-0.2, -0.15) is 0 Å². The van der Waals surface area contributed by atoms with E-state index in [0.29, 0.717) is 5.92 Å². The van der Waals surface area contributed by atoms with E-state index in [1.165, 1.54) is 17.8 Å². The van der Waals surface area contributed by atoms with Crippen LogP contribution in [0, 0.1) is 6.92 Å². The van der Waals surface area contributed by atoms with Gasteiger partial charge in [0.2, 0.25) is 0 Å². The van der Waals surface area contributed by atoms with Gasteiger partial charge < -0.3 is 9.47 Å². The molecule has 0 spiro atoms. The third-order valence-corrected chi connectivity index (χ3v) is 4.88. The summed E-state index contributed by atoms with van der Waals surface area (Å²) in [6, 6.07) is 10.6. The minimum atomic E-state index is 0.425. The molecule has 0 unspecified atom stereocenters. The summed E-state index contributed by atoms with van der Waals surface area (Å²) >= 11 is 0. The first kappa shape index (κ1) is 15.8. The van der Waals surface area contributed by atoms with Crippen LogP contribution in [0.2, 0.25) is 0 Å². The van der Waals surface area contributed by atoms with Crippen LogP contribution in [0.4, 0.5) is 5.82 Å². The maximum atomic E-state index is 4.69. The molecule has 1 aromatic carbocycles. The largest absolute Gasteiger partial charge is 0.354 e. The number of rotatable bonds is 4. The first-order chi connectivity index (χ1) is 12.3. The molecule has 5 heteroatoms. The Balaban J connectivity index is 1.54. The molecular formula is C20H23N5. The number of benzene rings is 1. The standard InChI is InChI=1S/C20H23N5/c1-16-19(22-10-9-21-16)24-12-5-8-18(15-24)20-23-11-13-25(20)14-17-6-3-2-4-7-17/h2-4,6-7,9-11,13,18H,5,8,12,14-15H2,1H3/t18-/m1/s1. The quantitative estimate of drug-likeness (QED) is 0.734. The lowest BCUT2D eigenvalue weighted by Crippen LogP contribution is -2.36. The number of anilines is 1. The van der Waals surface area contributed by atoms with E-state index < -0.39 is 0 Å². The van der Waals surface area contributed by atoms with E-state index >= 15 is 0 Å². The molecule has 2 aromatic heterocycles. The van der Waals surface area contributed by atoms with Gasteiger partial charge in [0.25, 0.3) is 0 Å². The number of hydrogen-bond donors (Lipinski definition) is 0. The molecule has 0 radical (unpaired) electrons. The highest BCUT2D eigenvalue weighted by atomic mass is 15.2. The zero-order valence-electron chi connectivity index (χ0n) is 14.5. The van der Waals surface area contributed by atoms with Gasteiger partial charge in [0.1, 0.15) is 11.6 Å². The number of aryl methyl sites for hydroxylation is 1.